The molecule has 0 saturated carbocycles. The van der Waals surface area contributed by atoms with Gasteiger partial charge in [0.2, 0.25) is 0 Å². The van der Waals surface area contributed by atoms with Crippen LogP contribution in [0, 0.1) is 6.92 Å². The van der Waals surface area contributed by atoms with Crippen LogP contribution < -0.4 is 5.32 Å². The van der Waals surface area contributed by atoms with Gasteiger partial charge in [-0.05, 0) is 36.9 Å². The lowest BCUT2D eigenvalue weighted by molar-refractivity contribution is 0.217. The summed E-state index contributed by atoms with van der Waals surface area (Å²) in [6.45, 7) is 3.23. The number of hydrogen-bond donors (Lipinski definition) is 1. The summed E-state index contributed by atoms with van der Waals surface area (Å²) in [4.78, 5) is 2.48. The van der Waals surface area contributed by atoms with E-state index in [1.807, 2.05) is 18.7 Å². The zero-order valence-electron chi connectivity index (χ0n) is 12.1. The Morgan fingerprint density at radius 2 is 2.26 bits per heavy atom. The van der Waals surface area contributed by atoms with Crippen molar-refractivity contribution in [3.63, 3.8) is 0 Å². The lowest BCUT2D eigenvalue weighted by atomic mass is 10.0. The van der Waals surface area contributed by atoms with Gasteiger partial charge in [-0.1, -0.05) is 0 Å². The fourth-order valence-electron chi connectivity index (χ4n) is 2.67. The Hall–Kier alpha value is -0.0400. The third-order valence-electron chi connectivity index (χ3n) is 3.95. The van der Waals surface area contributed by atoms with Crippen LogP contribution in [0.2, 0.25) is 0 Å². The zero-order valence-corrected chi connectivity index (χ0v) is 14.5. The summed E-state index contributed by atoms with van der Waals surface area (Å²) in [6, 6.07) is 1.05. The van der Waals surface area contributed by atoms with E-state index in [0.717, 1.165) is 16.6 Å². The van der Waals surface area contributed by atoms with Crippen molar-refractivity contribution < 1.29 is 0 Å². The van der Waals surface area contributed by atoms with Gasteiger partial charge in [-0.3, -0.25) is 4.68 Å². The summed E-state index contributed by atoms with van der Waals surface area (Å²) >= 11 is 5.73. The highest BCUT2D eigenvalue weighted by molar-refractivity contribution is 9.10. The second kappa shape index (κ2) is 6.61. The maximum atomic E-state index is 4.49. The molecule has 1 saturated heterocycles. The van der Waals surface area contributed by atoms with E-state index >= 15 is 0 Å². The Bertz CT molecular complexity index is 435. The second-order valence-corrected chi connectivity index (χ2v) is 7.13. The first-order valence-electron chi connectivity index (χ1n) is 6.67. The summed E-state index contributed by atoms with van der Waals surface area (Å²) in [6.07, 6.45) is 1.00. The number of halogens is 1. The van der Waals surface area contributed by atoms with Gasteiger partial charge in [-0.2, -0.15) is 16.9 Å². The molecule has 1 aliphatic rings. The fraction of sp³-hybridized carbons (Fsp3) is 0.769. The Kier molecular flexibility index (Phi) is 5.34. The van der Waals surface area contributed by atoms with Gasteiger partial charge in [-0.15, -0.1) is 0 Å². The minimum absolute atomic E-state index is 0.462. The van der Waals surface area contributed by atoms with Crippen molar-refractivity contribution in [2.45, 2.75) is 25.4 Å². The van der Waals surface area contributed by atoms with E-state index in [9.17, 15) is 0 Å². The summed E-state index contributed by atoms with van der Waals surface area (Å²) in [7, 11) is 6.33. The first-order chi connectivity index (χ1) is 9.04. The van der Waals surface area contributed by atoms with E-state index in [1.54, 1.807) is 0 Å². The average Bonchev–Trinajstić information content (AvgIpc) is 2.63. The molecule has 6 heteroatoms. The van der Waals surface area contributed by atoms with Crippen LogP contribution >= 0.6 is 27.7 Å². The van der Waals surface area contributed by atoms with E-state index in [2.05, 4.69) is 57.1 Å². The van der Waals surface area contributed by atoms with Crippen LogP contribution in [-0.2, 0) is 13.5 Å². The smallest absolute Gasteiger partial charge is 0.0738 e. The Balaban J connectivity index is 2.14. The minimum Gasteiger partial charge on any atom is -0.315 e. The molecule has 2 unspecified atom stereocenters. The molecule has 0 aromatic carbocycles. The Labute approximate surface area is 128 Å². The van der Waals surface area contributed by atoms with E-state index in [-0.39, 0.29) is 0 Å². The first kappa shape index (κ1) is 15.4. The van der Waals surface area contributed by atoms with Gasteiger partial charge in [0.05, 0.1) is 15.9 Å². The molecule has 2 rings (SSSR count). The van der Waals surface area contributed by atoms with E-state index < -0.39 is 0 Å². The van der Waals surface area contributed by atoms with Crippen LogP contribution in [0.15, 0.2) is 4.47 Å². The van der Waals surface area contributed by atoms with Crippen molar-refractivity contribution in [2.24, 2.45) is 7.05 Å². The van der Waals surface area contributed by atoms with Crippen molar-refractivity contribution in [1.29, 1.82) is 0 Å². The van der Waals surface area contributed by atoms with Gasteiger partial charge in [-0.25, -0.2) is 0 Å². The summed E-state index contributed by atoms with van der Waals surface area (Å²) in [5.41, 5.74) is 2.35. The monoisotopic (exact) mass is 346 g/mol. The number of thioether (sulfide) groups is 1. The molecule has 0 radical (unpaired) electrons. The third-order valence-corrected chi connectivity index (χ3v) is 6.03. The molecule has 19 heavy (non-hydrogen) atoms. The van der Waals surface area contributed by atoms with Crippen molar-refractivity contribution in [2.75, 3.05) is 32.1 Å². The topological polar surface area (TPSA) is 33.1 Å². The van der Waals surface area contributed by atoms with Gasteiger partial charge in [0.1, 0.15) is 0 Å². The van der Waals surface area contributed by atoms with E-state index in [4.69, 9.17) is 0 Å². The zero-order chi connectivity index (χ0) is 14.0. The molecule has 1 N–H and O–H groups in total. The summed E-state index contributed by atoms with van der Waals surface area (Å²) in [5.74, 6) is 2.45. The predicted octanol–water partition coefficient (Wildman–Crippen LogP) is 1.67. The van der Waals surface area contributed by atoms with Gasteiger partial charge in [0, 0.05) is 43.6 Å². The maximum absolute atomic E-state index is 4.49. The molecule has 2 heterocycles. The summed E-state index contributed by atoms with van der Waals surface area (Å²) in [5, 5.41) is 7.98. The Morgan fingerprint density at radius 1 is 1.53 bits per heavy atom. The number of nitrogens with one attached hydrogen (secondary N) is 1. The van der Waals surface area contributed by atoms with Crippen LogP contribution in [0.1, 0.15) is 11.4 Å². The number of rotatable bonds is 4. The van der Waals surface area contributed by atoms with E-state index in [0.29, 0.717) is 12.1 Å². The number of aryl methyl sites for hydroxylation is 2. The fourth-order valence-corrected chi connectivity index (χ4v) is 4.48. The predicted molar refractivity (Wildman–Crippen MR) is 85.9 cm³/mol. The molecule has 0 amide bonds. The number of aromatic nitrogens is 2. The quantitative estimate of drug-likeness (QED) is 0.898. The number of hydrogen-bond acceptors (Lipinski definition) is 4. The van der Waals surface area contributed by atoms with Crippen LogP contribution in [0.25, 0.3) is 0 Å². The van der Waals surface area contributed by atoms with Crippen molar-refractivity contribution in [1.82, 2.24) is 20.0 Å². The molecule has 1 aromatic heterocycles. The molecule has 2 atom stereocenters. The Morgan fingerprint density at radius 3 is 2.79 bits per heavy atom. The molecule has 1 aromatic rings. The highest BCUT2D eigenvalue weighted by atomic mass is 79.9. The summed E-state index contributed by atoms with van der Waals surface area (Å²) < 4.78 is 3.15. The molecule has 0 aliphatic carbocycles. The van der Waals surface area contributed by atoms with Gasteiger partial charge >= 0.3 is 0 Å². The molecule has 1 fully saturated rings. The highest BCUT2D eigenvalue weighted by Gasteiger charge is 2.28. The highest BCUT2D eigenvalue weighted by Crippen LogP contribution is 2.24. The number of likely N-dealkylation sites (N-methyl/N-ethyl adjacent to an activating group) is 2. The van der Waals surface area contributed by atoms with Crippen molar-refractivity contribution in [3.8, 4) is 0 Å². The van der Waals surface area contributed by atoms with Crippen LogP contribution in [-0.4, -0.2) is 58.9 Å². The van der Waals surface area contributed by atoms with Gasteiger partial charge in [0.15, 0.2) is 0 Å². The second-order valence-electron chi connectivity index (χ2n) is 5.19. The van der Waals surface area contributed by atoms with Gasteiger partial charge < -0.3 is 10.2 Å². The minimum atomic E-state index is 0.462. The SMILES string of the molecule is CNC(Cc1c(Br)c(C)nn1C)C1CSCCN1C. The number of nitrogens with zero attached hydrogens (tertiary/aromatic N) is 3. The van der Waals surface area contributed by atoms with Crippen LogP contribution in [0.3, 0.4) is 0 Å². The molecule has 108 valence electrons. The molecule has 0 bridgehead atoms. The van der Waals surface area contributed by atoms with Crippen molar-refractivity contribution in [3.05, 3.63) is 15.9 Å². The van der Waals surface area contributed by atoms with E-state index in [1.165, 1.54) is 23.7 Å². The normalized spacial score (nSPS) is 22.7. The lowest BCUT2D eigenvalue weighted by Crippen LogP contribution is -2.53. The molecule has 0 spiro atoms. The third kappa shape index (κ3) is 3.35. The lowest BCUT2D eigenvalue weighted by Gasteiger charge is -2.37. The molecule has 1 aliphatic heterocycles. The molecule has 4 nitrogen and oxygen atoms in total. The average molecular weight is 347 g/mol. The maximum Gasteiger partial charge on any atom is 0.0738 e. The van der Waals surface area contributed by atoms with Gasteiger partial charge in [0.25, 0.3) is 0 Å². The van der Waals surface area contributed by atoms with Crippen LogP contribution in [0.5, 0.6) is 0 Å². The molecular weight excluding hydrogens is 324 g/mol. The standard InChI is InChI=1S/C13H23BrN4S/c1-9-13(14)11(18(4)16-9)7-10(15-2)12-8-19-6-5-17(12)3/h10,12,15H,5-8H2,1-4H3. The molecular formula is C13H23BrN4S. The largest absolute Gasteiger partial charge is 0.315 e. The van der Waals surface area contributed by atoms with Crippen molar-refractivity contribution >= 4 is 27.7 Å². The first-order valence-corrected chi connectivity index (χ1v) is 8.62. The van der Waals surface area contributed by atoms with Crippen LogP contribution in [0.4, 0.5) is 0 Å².